The molecule has 2 heterocycles. The molecule has 21 heavy (non-hydrogen) atoms. The van der Waals surface area contributed by atoms with Crippen molar-refractivity contribution in [2.45, 2.75) is 38.9 Å². The Kier molecular flexibility index (Phi) is 4.08. The molecule has 1 aliphatic rings. The zero-order valence-corrected chi connectivity index (χ0v) is 13.2. The number of hydrogen-bond acceptors (Lipinski definition) is 3. The minimum absolute atomic E-state index is 0.0650. The average molecular weight is 300 g/mol. The Balaban J connectivity index is 1.64. The van der Waals surface area contributed by atoms with E-state index in [1.807, 2.05) is 19.1 Å². The van der Waals surface area contributed by atoms with E-state index in [2.05, 4.69) is 41.8 Å². The van der Waals surface area contributed by atoms with Crippen molar-refractivity contribution in [2.24, 2.45) is 0 Å². The fourth-order valence-corrected chi connectivity index (χ4v) is 3.59. The van der Waals surface area contributed by atoms with Gasteiger partial charge in [0.2, 0.25) is 5.91 Å². The van der Waals surface area contributed by atoms with Crippen LogP contribution in [0.5, 0.6) is 0 Å². The molecule has 1 aromatic heterocycles. The zero-order chi connectivity index (χ0) is 14.8. The van der Waals surface area contributed by atoms with Gasteiger partial charge in [-0.1, -0.05) is 24.3 Å². The highest BCUT2D eigenvalue weighted by Gasteiger charge is 2.25. The number of amides is 1. The molecule has 0 saturated carbocycles. The van der Waals surface area contributed by atoms with E-state index in [-0.39, 0.29) is 18.0 Å². The molecule has 1 amide bonds. The Morgan fingerprint density at radius 1 is 1.29 bits per heavy atom. The molecular formula is C17H20N2OS. The molecule has 2 aromatic rings. The molecule has 0 aliphatic carbocycles. The predicted molar refractivity (Wildman–Crippen MR) is 86.4 cm³/mol. The molecule has 0 fully saturated rings. The van der Waals surface area contributed by atoms with E-state index < -0.39 is 0 Å². The normalized spacial score (nSPS) is 18.9. The van der Waals surface area contributed by atoms with E-state index in [1.165, 1.54) is 20.9 Å². The lowest BCUT2D eigenvalue weighted by molar-refractivity contribution is -0.123. The van der Waals surface area contributed by atoms with Crippen LogP contribution in [0, 0.1) is 6.92 Å². The summed E-state index contributed by atoms with van der Waals surface area (Å²) < 4.78 is 0. The number of nitrogens with one attached hydrogen (secondary N) is 2. The fraction of sp³-hybridized carbons (Fsp3) is 0.353. The minimum atomic E-state index is -0.136. The molecular weight excluding hydrogens is 280 g/mol. The summed E-state index contributed by atoms with van der Waals surface area (Å²) in [6, 6.07) is 12.4. The van der Waals surface area contributed by atoms with Crippen molar-refractivity contribution in [3.63, 3.8) is 0 Å². The smallest absolute Gasteiger partial charge is 0.237 e. The van der Waals surface area contributed by atoms with Crippen LogP contribution in [0.2, 0.25) is 0 Å². The molecule has 1 unspecified atom stereocenters. The highest BCUT2D eigenvalue weighted by Crippen LogP contribution is 2.23. The van der Waals surface area contributed by atoms with Crippen LogP contribution in [0.3, 0.4) is 0 Å². The number of benzene rings is 1. The molecule has 4 heteroatoms. The number of aryl methyl sites for hydroxylation is 1. The van der Waals surface area contributed by atoms with Crippen LogP contribution in [-0.2, 0) is 17.8 Å². The Labute approximate surface area is 129 Å². The summed E-state index contributed by atoms with van der Waals surface area (Å²) in [5.74, 6) is 0.0862. The van der Waals surface area contributed by atoms with Crippen LogP contribution in [0.4, 0.5) is 0 Å². The molecule has 2 atom stereocenters. The van der Waals surface area contributed by atoms with Gasteiger partial charge in [0.15, 0.2) is 0 Å². The maximum absolute atomic E-state index is 12.4. The Bertz CT molecular complexity index is 650. The predicted octanol–water partition coefficient (Wildman–Crippen LogP) is 2.95. The summed E-state index contributed by atoms with van der Waals surface area (Å²) in [4.78, 5) is 14.9. The van der Waals surface area contributed by atoms with Crippen molar-refractivity contribution >= 4 is 17.2 Å². The number of thiophene rings is 1. The third kappa shape index (κ3) is 3.17. The van der Waals surface area contributed by atoms with Gasteiger partial charge in [-0.15, -0.1) is 11.3 Å². The van der Waals surface area contributed by atoms with E-state index in [9.17, 15) is 4.79 Å². The molecule has 110 valence electrons. The SMILES string of the molecule is Cc1ccc(C(C)NC(=O)[C@H]2Cc3ccccc3CN2)s1. The van der Waals surface area contributed by atoms with Gasteiger partial charge in [0.05, 0.1) is 12.1 Å². The number of hydrogen-bond donors (Lipinski definition) is 2. The van der Waals surface area contributed by atoms with Gasteiger partial charge < -0.3 is 10.6 Å². The van der Waals surface area contributed by atoms with Crippen molar-refractivity contribution in [1.82, 2.24) is 10.6 Å². The van der Waals surface area contributed by atoms with Crippen molar-refractivity contribution in [1.29, 1.82) is 0 Å². The molecule has 1 aliphatic heterocycles. The van der Waals surface area contributed by atoms with Gasteiger partial charge >= 0.3 is 0 Å². The highest BCUT2D eigenvalue weighted by molar-refractivity contribution is 7.12. The number of fused-ring (bicyclic) bond motifs is 1. The molecule has 3 rings (SSSR count). The van der Waals surface area contributed by atoms with E-state index in [1.54, 1.807) is 11.3 Å². The van der Waals surface area contributed by atoms with Crippen LogP contribution in [0.1, 0.15) is 33.8 Å². The second kappa shape index (κ2) is 6.00. The van der Waals surface area contributed by atoms with Gasteiger partial charge in [-0.3, -0.25) is 4.79 Å². The Hall–Kier alpha value is -1.65. The first kappa shape index (κ1) is 14.3. The van der Waals surface area contributed by atoms with Crippen LogP contribution < -0.4 is 10.6 Å². The maximum atomic E-state index is 12.4. The van der Waals surface area contributed by atoms with Crippen LogP contribution in [0.15, 0.2) is 36.4 Å². The molecule has 0 saturated heterocycles. The van der Waals surface area contributed by atoms with Gasteiger partial charge in [0, 0.05) is 16.3 Å². The summed E-state index contributed by atoms with van der Waals surface area (Å²) in [6.45, 7) is 4.89. The maximum Gasteiger partial charge on any atom is 0.237 e. The summed E-state index contributed by atoms with van der Waals surface area (Å²) >= 11 is 1.74. The molecule has 3 nitrogen and oxygen atoms in total. The van der Waals surface area contributed by atoms with E-state index in [0.29, 0.717) is 0 Å². The summed E-state index contributed by atoms with van der Waals surface area (Å²) in [5.41, 5.74) is 2.57. The summed E-state index contributed by atoms with van der Waals surface area (Å²) in [7, 11) is 0. The summed E-state index contributed by atoms with van der Waals surface area (Å²) in [5, 5.41) is 6.45. The second-order valence-corrected chi connectivity index (χ2v) is 6.90. The van der Waals surface area contributed by atoms with Gasteiger partial charge in [0.1, 0.15) is 0 Å². The lowest BCUT2D eigenvalue weighted by Gasteiger charge is -2.26. The first-order valence-corrected chi connectivity index (χ1v) is 8.12. The first-order valence-electron chi connectivity index (χ1n) is 7.30. The van der Waals surface area contributed by atoms with Gasteiger partial charge in [-0.05, 0) is 43.5 Å². The van der Waals surface area contributed by atoms with Crippen molar-refractivity contribution in [3.8, 4) is 0 Å². The van der Waals surface area contributed by atoms with E-state index >= 15 is 0 Å². The van der Waals surface area contributed by atoms with Crippen molar-refractivity contribution in [2.75, 3.05) is 0 Å². The molecule has 0 radical (unpaired) electrons. The highest BCUT2D eigenvalue weighted by atomic mass is 32.1. The number of carbonyl (C=O) groups excluding carboxylic acids is 1. The van der Waals surface area contributed by atoms with Crippen molar-refractivity contribution in [3.05, 3.63) is 57.3 Å². The van der Waals surface area contributed by atoms with Gasteiger partial charge in [-0.2, -0.15) is 0 Å². The molecule has 2 N–H and O–H groups in total. The standard InChI is InChI=1S/C17H20N2OS/c1-11-7-8-16(21-11)12(2)19-17(20)15-9-13-5-3-4-6-14(13)10-18-15/h3-8,12,15,18H,9-10H2,1-2H3,(H,19,20)/t12?,15-/m1/s1. The van der Waals surface area contributed by atoms with E-state index in [4.69, 9.17) is 0 Å². The first-order chi connectivity index (χ1) is 10.1. The lowest BCUT2D eigenvalue weighted by Crippen LogP contribution is -2.48. The Morgan fingerprint density at radius 3 is 2.76 bits per heavy atom. The zero-order valence-electron chi connectivity index (χ0n) is 12.3. The lowest BCUT2D eigenvalue weighted by atomic mass is 9.95. The second-order valence-electron chi connectivity index (χ2n) is 5.59. The quantitative estimate of drug-likeness (QED) is 0.915. The van der Waals surface area contributed by atoms with Crippen LogP contribution in [0.25, 0.3) is 0 Å². The van der Waals surface area contributed by atoms with Crippen molar-refractivity contribution < 1.29 is 4.79 Å². The van der Waals surface area contributed by atoms with Gasteiger partial charge in [0.25, 0.3) is 0 Å². The van der Waals surface area contributed by atoms with Crippen LogP contribution in [-0.4, -0.2) is 11.9 Å². The number of rotatable bonds is 3. The monoisotopic (exact) mass is 300 g/mol. The third-order valence-corrected chi connectivity index (χ3v) is 5.13. The number of carbonyl (C=O) groups is 1. The van der Waals surface area contributed by atoms with Crippen LogP contribution >= 0.6 is 11.3 Å². The molecule has 0 bridgehead atoms. The topological polar surface area (TPSA) is 41.1 Å². The minimum Gasteiger partial charge on any atom is -0.347 e. The average Bonchev–Trinajstić information content (AvgIpc) is 2.93. The summed E-state index contributed by atoms with van der Waals surface area (Å²) in [6.07, 6.45) is 0.762. The van der Waals surface area contributed by atoms with E-state index in [0.717, 1.165) is 13.0 Å². The molecule has 1 aromatic carbocycles. The fourth-order valence-electron chi connectivity index (χ4n) is 2.71. The van der Waals surface area contributed by atoms with Gasteiger partial charge in [-0.25, -0.2) is 0 Å². The largest absolute Gasteiger partial charge is 0.347 e. The Morgan fingerprint density at radius 2 is 2.05 bits per heavy atom. The molecule has 0 spiro atoms. The third-order valence-electron chi connectivity index (χ3n) is 3.94.